The molecular formula is C4H12N4. The van der Waals surface area contributed by atoms with Gasteiger partial charge in [0.25, 0.3) is 0 Å². The first kappa shape index (κ1) is 5.97. The van der Waals surface area contributed by atoms with Crippen LogP contribution in [0.3, 0.4) is 0 Å². The molecule has 0 spiro atoms. The molecule has 0 aromatic carbocycles. The van der Waals surface area contributed by atoms with E-state index in [-0.39, 0.29) is 0 Å². The summed E-state index contributed by atoms with van der Waals surface area (Å²) in [5, 5.41) is 6.24. The monoisotopic (exact) mass is 116 g/mol. The standard InChI is InChI=1S/C4H12N4/c5-1-8-3-6-2-7-4-8/h6-7H,1-5H2. The lowest BCUT2D eigenvalue weighted by atomic mass is 10.7. The summed E-state index contributed by atoms with van der Waals surface area (Å²) in [5.41, 5.74) is 5.35. The van der Waals surface area contributed by atoms with Gasteiger partial charge in [-0.3, -0.25) is 15.5 Å². The zero-order chi connectivity index (χ0) is 5.82. The van der Waals surface area contributed by atoms with E-state index in [1.165, 1.54) is 0 Å². The van der Waals surface area contributed by atoms with E-state index >= 15 is 0 Å². The summed E-state index contributed by atoms with van der Waals surface area (Å²) in [7, 11) is 0. The molecule has 0 aliphatic carbocycles. The molecule has 8 heavy (non-hydrogen) atoms. The molecule has 0 saturated carbocycles. The van der Waals surface area contributed by atoms with Gasteiger partial charge in [-0.25, -0.2) is 0 Å². The number of nitrogens with one attached hydrogen (secondary N) is 2. The quantitative estimate of drug-likeness (QED) is 0.381. The lowest BCUT2D eigenvalue weighted by Gasteiger charge is -2.26. The lowest BCUT2D eigenvalue weighted by molar-refractivity contribution is 0.196. The Balaban J connectivity index is 2.13. The minimum Gasteiger partial charge on any atom is -0.318 e. The van der Waals surface area contributed by atoms with Crippen LogP contribution in [0, 0.1) is 0 Å². The highest BCUT2D eigenvalue weighted by Gasteiger charge is 2.03. The molecule has 0 aromatic rings. The maximum Gasteiger partial charge on any atom is 0.0514 e. The van der Waals surface area contributed by atoms with Crippen LogP contribution in [0.2, 0.25) is 0 Å². The van der Waals surface area contributed by atoms with Crippen LogP contribution in [0.1, 0.15) is 0 Å². The van der Waals surface area contributed by atoms with Gasteiger partial charge in [-0.2, -0.15) is 0 Å². The molecule has 0 bridgehead atoms. The van der Waals surface area contributed by atoms with E-state index in [1.807, 2.05) is 0 Å². The minimum atomic E-state index is 0.625. The van der Waals surface area contributed by atoms with Gasteiger partial charge < -0.3 is 5.73 Å². The fourth-order valence-corrected chi connectivity index (χ4v) is 0.701. The van der Waals surface area contributed by atoms with Gasteiger partial charge in [0.2, 0.25) is 0 Å². The van der Waals surface area contributed by atoms with E-state index in [2.05, 4.69) is 15.5 Å². The number of nitrogens with two attached hydrogens (primary N) is 1. The van der Waals surface area contributed by atoms with Crippen molar-refractivity contribution in [3.05, 3.63) is 0 Å². The minimum absolute atomic E-state index is 0.625. The Labute approximate surface area is 49.0 Å². The molecule has 0 atom stereocenters. The predicted molar refractivity (Wildman–Crippen MR) is 31.8 cm³/mol. The molecule has 48 valence electrons. The number of nitrogens with zero attached hydrogens (tertiary/aromatic N) is 1. The fraction of sp³-hybridized carbons (Fsp3) is 1.00. The van der Waals surface area contributed by atoms with Gasteiger partial charge in [0, 0.05) is 13.3 Å². The second kappa shape index (κ2) is 2.99. The van der Waals surface area contributed by atoms with E-state index in [0.717, 1.165) is 20.0 Å². The van der Waals surface area contributed by atoms with Crippen molar-refractivity contribution < 1.29 is 0 Å². The summed E-state index contributed by atoms with van der Waals surface area (Å²) in [5.74, 6) is 0. The molecule has 0 unspecified atom stereocenters. The van der Waals surface area contributed by atoms with Gasteiger partial charge in [0.1, 0.15) is 0 Å². The van der Waals surface area contributed by atoms with Crippen molar-refractivity contribution in [2.75, 3.05) is 26.7 Å². The molecule has 4 heteroatoms. The van der Waals surface area contributed by atoms with E-state index in [1.54, 1.807) is 0 Å². The number of hydrogen-bond acceptors (Lipinski definition) is 4. The second-order valence-corrected chi connectivity index (χ2v) is 1.85. The van der Waals surface area contributed by atoms with Crippen molar-refractivity contribution >= 4 is 0 Å². The molecule has 1 aliphatic rings. The van der Waals surface area contributed by atoms with Gasteiger partial charge >= 0.3 is 0 Å². The SMILES string of the molecule is NCN1CNCNC1. The smallest absolute Gasteiger partial charge is 0.0514 e. The Kier molecular flexibility index (Phi) is 2.23. The topological polar surface area (TPSA) is 53.3 Å². The van der Waals surface area contributed by atoms with Crippen molar-refractivity contribution in [3.8, 4) is 0 Å². The van der Waals surface area contributed by atoms with Crippen LogP contribution in [-0.2, 0) is 0 Å². The predicted octanol–water partition coefficient (Wildman–Crippen LogP) is -1.73. The molecular weight excluding hydrogens is 104 g/mol. The molecule has 1 heterocycles. The highest BCUT2D eigenvalue weighted by Crippen LogP contribution is 1.80. The Morgan fingerprint density at radius 3 is 2.38 bits per heavy atom. The van der Waals surface area contributed by atoms with Crippen molar-refractivity contribution in [1.82, 2.24) is 15.5 Å². The van der Waals surface area contributed by atoms with E-state index in [4.69, 9.17) is 5.73 Å². The van der Waals surface area contributed by atoms with Crippen LogP contribution in [0.5, 0.6) is 0 Å². The van der Waals surface area contributed by atoms with Gasteiger partial charge in [0.15, 0.2) is 0 Å². The van der Waals surface area contributed by atoms with Crippen LogP contribution in [0.15, 0.2) is 0 Å². The Bertz CT molecular complexity index is 59.1. The van der Waals surface area contributed by atoms with Crippen LogP contribution in [0.4, 0.5) is 0 Å². The third-order valence-corrected chi connectivity index (χ3v) is 1.18. The van der Waals surface area contributed by atoms with Crippen LogP contribution in [-0.4, -0.2) is 31.6 Å². The molecule has 0 radical (unpaired) electrons. The largest absolute Gasteiger partial charge is 0.318 e. The lowest BCUT2D eigenvalue weighted by Crippen LogP contribution is -2.52. The van der Waals surface area contributed by atoms with Crippen LogP contribution < -0.4 is 16.4 Å². The van der Waals surface area contributed by atoms with Crippen molar-refractivity contribution in [2.45, 2.75) is 0 Å². The summed E-state index contributed by atoms with van der Waals surface area (Å²) in [4.78, 5) is 2.07. The highest BCUT2D eigenvalue weighted by atomic mass is 15.4. The molecule has 4 N–H and O–H groups in total. The highest BCUT2D eigenvalue weighted by molar-refractivity contribution is 4.56. The van der Waals surface area contributed by atoms with E-state index < -0.39 is 0 Å². The van der Waals surface area contributed by atoms with Crippen molar-refractivity contribution in [3.63, 3.8) is 0 Å². The first-order valence-electron chi connectivity index (χ1n) is 2.77. The molecule has 1 fully saturated rings. The third-order valence-electron chi connectivity index (χ3n) is 1.18. The van der Waals surface area contributed by atoms with Crippen LogP contribution >= 0.6 is 0 Å². The first-order valence-corrected chi connectivity index (χ1v) is 2.77. The Morgan fingerprint density at radius 2 is 2.00 bits per heavy atom. The molecule has 1 aliphatic heterocycles. The summed E-state index contributed by atoms with van der Waals surface area (Å²) in [6.45, 7) is 3.34. The second-order valence-electron chi connectivity index (χ2n) is 1.85. The zero-order valence-corrected chi connectivity index (χ0v) is 4.85. The third kappa shape index (κ3) is 1.41. The van der Waals surface area contributed by atoms with Gasteiger partial charge in [0.05, 0.1) is 13.3 Å². The van der Waals surface area contributed by atoms with Gasteiger partial charge in [-0.15, -0.1) is 0 Å². The molecule has 0 amide bonds. The summed E-state index contributed by atoms with van der Waals surface area (Å²) in [6.07, 6.45) is 0. The number of rotatable bonds is 1. The summed E-state index contributed by atoms with van der Waals surface area (Å²) in [6, 6.07) is 0. The van der Waals surface area contributed by atoms with Crippen LogP contribution in [0.25, 0.3) is 0 Å². The van der Waals surface area contributed by atoms with Gasteiger partial charge in [-0.05, 0) is 0 Å². The van der Waals surface area contributed by atoms with Crippen molar-refractivity contribution in [2.24, 2.45) is 5.73 Å². The molecule has 0 aromatic heterocycles. The average molecular weight is 116 g/mol. The normalized spacial score (nSPS) is 23.6. The van der Waals surface area contributed by atoms with Crippen molar-refractivity contribution in [1.29, 1.82) is 0 Å². The fourth-order valence-electron chi connectivity index (χ4n) is 0.701. The average Bonchev–Trinajstić information content (AvgIpc) is 1.90. The molecule has 1 saturated heterocycles. The maximum atomic E-state index is 5.35. The molecule has 4 nitrogen and oxygen atoms in total. The Hall–Kier alpha value is -0.160. The maximum absolute atomic E-state index is 5.35. The zero-order valence-electron chi connectivity index (χ0n) is 4.85. The number of hydrogen-bond donors (Lipinski definition) is 3. The van der Waals surface area contributed by atoms with E-state index in [9.17, 15) is 0 Å². The summed E-state index contributed by atoms with van der Waals surface area (Å²) >= 11 is 0. The summed E-state index contributed by atoms with van der Waals surface area (Å²) < 4.78 is 0. The first-order chi connectivity index (χ1) is 3.93. The van der Waals surface area contributed by atoms with E-state index in [0.29, 0.717) is 6.67 Å². The van der Waals surface area contributed by atoms with Gasteiger partial charge in [-0.1, -0.05) is 0 Å². The molecule has 1 rings (SSSR count). The Morgan fingerprint density at radius 1 is 1.38 bits per heavy atom.